The highest BCUT2D eigenvalue weighted by Crippen LogP contribution is 2.36. The molecule has 0 bridgehead atoms. The summed E-state index contributed by atoms with van der Waals surface area (Å²) in [6.45, 7) is 3.21. The number of nitrogen functional groups attached to an aromatic ring is 1. The van der Waals surface area contributed by atoms with E-state index < -0.39 is 29.7 Å². The lowest BCUT2D eigenvalue weighted by atomic mass is 10.1. The number of hydrogen-bond donors (Lipinski definition) is 5. The molecule has 6 N–H and O–H groups in total. The second-order valence-electron chi connectivity index (χ2n) is 9.47. The van der Waals surface area contributed by atoms with Crippen molar-refractivity contribution in [1.29, 1.82) is 0 Å². The number of nitrogens with two attached hydrogens (primary N) is 1. The number of carbonyl (C=O) groups excluding carboxylic acids is 1. The summed E-state index contributed by atoms with van der Waals surface area (Å²) >= 11 is 0. The van der Waals surface area contributed by atoms with Crippen LogP contribution in [0.4, 0.5) is 19.0 Å². The van der Waals surface area contributed by atoms with Gasteiger partial charge in [-0.1, -0.05) is 6.07 Å². The Hall–Kier alpha value is -5.16. The van der Waals surface area contributed by atoms with E-state index in [-0.39, 0.29) is 24.5 Å². The molecule has 5 rings (SSSR count). The number of H-pyrrole nitrogens is 1. The Morgan fingerprint density at radius 2 is 2.05 bits per heavy atom. The second-order valence-corrected chi connectivity index (χ2v) is 9.47. The molecule has 4 aromatic heterocycles. The second kappa shape index (κ2) is 12.6. The predicted octanol–water partition coefficient (Wildman–Crippen LogP) is 3.34. The molecule has 44 heavy (non-hydrogen) atoms. The molecule has 0 unspecified atom stereocenters. The molecule has 0 saturated carbocycles. The highest BCUT2D eigenvalue weighted by molar-refractivity contribution is 5.95. The molecule has 14 nitrogen and oxygen atoms in total. The number of halogens is 3. The summed E-state index contributed by atoms with van der Waals surface area (Å²) in [6, 6.07) is 6.97. The lowest BCUT2D eigenvalue weighted by Gasteiger charge is -2.15. The van der Waals surface area contributed by atoms with Crippen LogP contribution in [0.5, 0.6) is 17.2 Å². The van der Waals surface area contributed by atoms with Gasteiger partial charge in [0, 0.05) is 19.3 Å². The fraction of sp³-hybridized carbons (Fsp3) is 0.296. The van der Waals surface area contributed by atoms with Crippen molar-refractivity contribution in [3.05, 3.63) is 48.3 Å². The zero-order valence-electron chi connectivity index (χ0n) is 23.1. The summed E-state index contributed by atoms with van der Waals surface area (Å²) in [7, 11) is 0. The molecular formula is C27H27F3N8O6. The average molecular weight is 617 g/mol. The number of aliphatic hydroxyl groups is 1. The number of carbonyl (C=O) groups is 1. The molecular weight excluding hydrogens is 589 g/mol. The number of rotatable bonds is 12. The van der Waals surface area contributed by atoms with Gasteiger partial charge in [0.2, 0.25) is 0 Å². The van der Waals surface area contributed by atoms with Gasteiger partial charge in [-0.15, -0.1) is 0 Å². The number of hydrogen-bond acceptors (Lipinski definition) is 12. The molecule has 0 radical (unpaired) electrons. The fourth-order valence-corrected chi connectivity index (χ4v) is 4.45. The Kier molecular flexibility index (Phi) is 8.68. The van der Waals surface area contributed by atoms with Crippen molar-refractivity contribution in [3.63, 3.8) is 0 Å². The summed E-state index contributed by atoms with van der Waals surface area (Å²) in [5, 5.41) is 31.0. The molecule has 0 amide bonds. The standard InChI is InChI=1S/C27H27F3N8O6/c1-2-38-23-19(13-34-20(15-5-3-9-33-15)21(23)35-25(38)22-24(31)37-44-36-22)42-10-4-8-32-12-17(40)14-6-7-18(16(39)11-14)43-26(41)27(28,29)30/h3,5-7,9,11,13,17,32-33,39-40H,2,4,8,10,12H2,1H3,(H2,31,37)/t17-/m0/s1. The molecule has 4 heterocycles. The number of nitrogens with zero attached hydrogens (tertiary/aromatic N) is 5. The number of phenolic OH excluding ortho intramolecular Hbond substituents is 1. The van der Waals surface area contributed by atoms with Gasteiger partial charge in [0.25, 0.3) is 0 Å². The van der Waals surface area contributed by atoms with E-state index in [0.717, 1.165) is 17.8 Å². The van der Waals surface area contributed by atoms with Crippen LogP contribution in [-0.4, -0.2) is 71.9 Å². The number of nitrogens with one attached hydrogen (secondary N) is 2. The summed E-state index contributed by atoms with van der Waals surface area (Å²) in [4.78, 5) is 23.5. The van der Waals surface area contributed by atoms with Gasteiger partial charge < -0.3 is 40.3 Å². The quantitative estimate of drug-likeness (QED) is 0.0779. The number of anilines is 1. The third kappa shape index (κ3) is 6.28. The molecule has 0 aliphatic carbocycles. The van der Waals surface area contributed by atoms with Crippen LogP contribution in [0.15, 0.2) is 47.4 Å². The first-order valence-corrected chi connectivity index (χ1v) is 13.3. The minimum atomic E-state index is -5.21. The SMILES string of the molecule is CCn1c(-c2nonc2N)nc2c(-c3ccc[nH]3)ncc(OCCCNC[C@H](O)c3ccc(OC(=O)C(F)(F)F)c(O)c3)c21. The molecule has 0 aliphatic rings. The Balaban J connectivity index is 1.22. The largest absolute Gasteiger partial charge is 0.504 e. The topological polar surface area (TPSA) is 199 Å². The number of alkyl halides is 3. The van der Waals surface area contributed by atoms with E-state index in [1.807, 2.05) is 23.6 Å². The van der Waals surface area contributed by atoms with Crippen LogP contribution in [0.1, 0.15) is 25.0 Å². The first-order valence-electron chi connectivity index (χ1n) is 13.3. The Morgan fingerprint density at radius 1 is 1.23 bits per heavy atom. The van der Waals surface area contributed by atoms with Crippen LogP contribution < -0.4 is 20.5 Å². The molecule has 0 saturated heterocycles. The van der Waals surface area contributed by atoms with Crippen LogP contribution in [0.3, 0.4) is 0 Å². The molecule has 1 aromatic carbocycles. The fourth-order valence-electron chi connectivity index (χ4n) is 4.45. The number of benzene rings is 1. The monoisotopic (exact) mass is 616 g/mol. The maximum Gasteiger partial charge on any atom is 0.491 e. The highest BCUT2D eigenvalue weighted by atomic mass is 19.4. The summed E-state index contributed by atoms with van der Waals surface area (Å²) in [5.74, 6) is -2.83. The van der Waals surface area contributed by atoms with Gasteiger partial charge in [0.15, 0.2) is 34.6 Å². The Bertz CT molecular complexity index is 1750. The van der Waals surface area contributed by atoms with Crippen molar-refractivity contribution in [3.8, 4) is 40.2 Å². The van der Waals surface area contributed by atoms with E-state index in [9.17, 15) is 28.2 Å². The highest BCUT2D eigenvalue weighted by Gasteiger charge is 2.41. The van der Waals surface area contributed by atoms with Crippen molar-refractivity contribution >= 4 is 22.8 Å². The number of aliphatic hydroxyl groups excluding tert-OH is 1. The van der Waals surface area contributed by atoms with Crippen LogP contribution in [0.2, 0.25) is 0 Å². The maximum atomic E-state index is 12.4. The summed E-state index contributed by atoms with van der Waals surface area (Å²) in [6.07, 6.45) is -2.40. The van der Waals surface area contributed by atoms with E-state index in [2.05, 4.69) is 30.3 Å². The zero-order valence-corrected chi connectivity index (χ0v) is 23.1. The number of phenols is 1. The smallest absolute Gasteiger partial charge is 0.491 e. The zero-order chi connectivity index (χ0) is 31.4. The van der Waals surface area contributed by atoms with Gasteiger partial charge in [-0.25, -0.2) is 19.4 Å². The van der Waals surface area contributed by atoms with E-state index in [1.165, 1.54) is 6.07 Å². The normalized spacial score (nSPS) is 12.5. The first kappa shape index (κ1) is 30.3. The number of pyridine rings is 1. The summed E-state index contributed by atoms with van der Waals surface area (Å²) in [5.41, 5.74) is 9.06. The Labute approximate surface area is 246 Å². The number of aromatic nitrogens is 6. The average Bonchev–Trinajstić information content (AvgIpc) is 3.75. The van der Waals surface area contributed by atoms with Crippen LogP contribution in [-0.2, 0) is 11.3 Å². The molecule has 1 atom stereocenters. The van der Waals surface area contributed by atoms with Crippen LogP contribution >= 0.6 is 0 Å². The van der Waals surface area contributed by atoms with E-state index >= 15 is 0 Å². The van der Waals surface area contributed by atoms with Crippen molar-refractivity contribution in [1.82, 2.24) is 35.1 Å². The van der Waals surface area contributed by atoms with Gasteiger partial charge in [-0.2, -0.15) is 13.2 Å². The van der Waals surface area contributed by atoms with E-state index in [4.69, 9.17) is 20.1 Å². The lowest BCUT2D eigenvalue weighted by Crippen LogP contribution is -2.28. The van der Waals surface area contributed by atoms with Gasteiger partial charge in [-0.3, -0.25) is 0 Å². The van der Waals surface area contributed by atoms with Crippen LogP contribution in [0, 0.1) is 0 Å². The number of aromatic amines is 1. The van der Waals surface area contributed by atoms with Crippen LogP contribution in [0.25, 0.3) is 33.9 Å². The molecule has 5 aromatic rings. The molecule has 0 fully saturated rings. The summed E-state index contributed by atoms with van der Waals surface area (Å²) < 4.78 is 54.1. The number of ether oxygens (including phenoxy) is 2. The number of esters is 1. The van der Waals surface area contributed by atoms with Crippen molar-refractivity contribution < 1.29 is 42.3 Å². The van der Waals surface area contributed by atoms with Gasteiger partial charge in [0.05, 0.1) is 24.6 Å². The maximum absolute atomic E-state index is 12.4. The number of aryl methyl sites for hydroxylation is 1. The Morgan fingerprint density at radius 3 is 2.70 bits per heavy atom. The number of aromatic hydroxyl groups is 1. The van der Waals surface area contributed by atoms with Gasteiger partial charge in [0.1, 0.15) is 16.7 Å². The van der Waals surface area contributed by atoms with Gasteiger partial charge >= 0.3 is 12.1 Å². The molecule has 17 heteroatoms. The molecule has 0 spiro atoms. The first-order chi connectivity index (χ1) is 21.1. The van der Waals surface area contributed by atoms with Crippen molar-refractivity contribution in [2.24, 2.45) is 0 Å². The minimum absolute atomic E-state index is 0.0664. The molecule has 0 aliphatic heterocycles. The lowest BCUT2D eigenvalue weighted by molar-refractivity contribution is -0.189. The van der Waals surface area contributed by atoms with Crippen molar-refractivity contribution in [2.75, 3.05) is 25.4 Å². The van der Waals surface area contributed by atoms with E-state index in [1.54, 1.807) is 12.4 Å². The third-order valence-electron chi connectivity index (χ3n) is 6.53. The molecule has 232 valence electrons. The third-order valence-corrected chi connectivity index (χ3v) is 6.53. The number of imidazole rings is 1. The predicted molar refractivity (Wildman–Crippen MR) is 148 cm³/mol. The minimum Gasteiger partial charge on any atom is -0.504 e. The van der Waals surface area contributed by atoms with Gasteiger partial charge in [-0.05, 0) is 60.0 Å². The number of fused-ring (bicyclic) bond motifs is 1. The van der Waals surface area contributed by atoms with Crippen molar-refractivity contribution in [2.45, 2.75) is 32.2 Å². The van der Waals surface area contributed by atoms with E-state index in [0.29, 0.717) is 53.5 Å².